The molecule has 15 heavy (non-hydrogen) atoms. The fourth-order valence-corrected chi connectivity index (χ4v) is 2.41. The summed E-state index contributed by atoms with van der Waals surface area (Å²) in [5.74, 6) is -1.35. The van der Waals surface area contributed by atoms with E-state index in [4.69, 9.17) is 5.11 Å². The number of aliphatic carboxylic acids is 1. The Morgan fingerprint density at radius 1 is 1.33 bits per heavy atom. The normalized spacial score (nSPS) is 13.5. The van der Waals surface area contributed by atoms with Gasteiger partial charge in [0.2, 0.25) is 0 Å². The Hall–Kier alpha value is -0.880. The SMILES string of the molecule is CC(C(=O)O)S(=O)(=O)c1ccc(Br)cc1. The molecule has 0 aliphatic rings. The van der Waals surface area contributed by atoms with Crippen LogP contribution in [0.3, 0.4) is 0 Å². The highest BCUT2D eigenvalue weighted by atomic mass is 79.9. The molecule has 6 heteroatoms. The zero-order valence-electron chi connectivity index (χ0n) is 7.84. The van der Waals surface area contributed by atoms with Crippen LogP contribution in [0.1, 0.15) is 6.92 Å². The number of sulfone groups is 1. The van der Waals surface area contributed by atoms with Crippen LogP contribution in [0, 0.1) is 0 Å². The van der Waals surface area contributed by atoms with Gasteiger partial charge in [-0.3, -0.25) is 4.79 Å². The number of hydrogen-bond acceptors (Lipinski definition) is 3. The number of carboxylic acids is 1. The maximum Gasteiger partial charge on any atom is 0.321 e. The molecule has 0 aromatic heterocycles. The van der Waals surface area contributed by atoms with Crippen LogP contribution >= 0.6 is 15.9 Å². The van der Waals surface area contributed by atoms with E-state index in [9.17, 15) is 13.2 Å². The monoisotopic (exact) mass is 292 g/mol. The molecule has 0 spiro atoms. The van der Waals surface area contributed by atoms with Gasteiger partial charge in [0.15, 0.2) is 15.1 Å². The molecule has 0 saturated heterocycles. The summed E-state index contributed by atoms with van der Waals surface area (Å²) in [6.07, 6.45) is 0. The van der Waals surface area contributed by atoms with Gasteiger partial charge < -0.3 is 5.11 Å². The Morgan fingerprint density at radius 2 is 1.80 bits per heavy atom. The van der Waals surface area contributed by atoms with Crippen molar-refractivity contribution in [1.29, 1.82) is 0 Å². The first kappa shape index (κ1) is 12.2. The van der Waals surface area contributed by atoms with Crippen molar-refractivity contribution in [1.82, 2.24) is 0 Å². The third-order valence-corrected chi connectivity index (χ3v) is 4.55. The third-order valence-electron chi connectivity index (χ3n) is 1.96. The van der Waals surface area contributed by atoms with Gasteiger partial charge in [0.1, 0.15) is 0 Å². The van der Waals surface area contributed by atoms with Gasteiger partial charge in [-0.25, -0.2) is 8.42 Å². The van der Waals surface area contributed by atoms with Crippen molar-refractivity contribution in [3.8, 4) is 0 Å². The minimum absolute atomic E-state index is 0.0144. The maximum atomic E-state index is 11.7. The number of carboxylic acid groups (broad SMARTS) is 1. The fraction of sp³-hybridized carbons (Fsp3) is 0.222. The molecule has 0 amide bonds. The summed E-state index contributed by atoms with van der Waals surface area (Å²) in [7, 11) is -3.78. The lowest BCUT2D eigenvalue weighted by Crippen LogP contribution is -2.26. The first-order valence-corrected chi connectivity index (χ1v) is 6.42. The first-order chi connectivity index (χ1) is 6.85. The van der Waals surface area contributed by atoms with Crippen LogP contribution in [0.2, 0.25) is 0 Å². The van der Waals surface area contributed by atoms with Gasteiger partial charge in [0.05, 0.1) is 4.90 Å². The molecule has 82 valence electrons. The van der Waals surface area contributed by atoms with Crippen LogP contribution in [0.25, 0.3) is 0 Å². The summed E-state index contributed by atoms with van der Waals surface area (Å²) in [5.41, 5.74) is 0. The van der Waals surface area contributed by atoms with Crippen LogP contribution in [0.4, 0.5) is 0 Å². The number of benzene rings is 1. The molecule has 0 aliphatic heterocycles. The second-order valence-corrected chi connectivity index (χ2v) is 6.16. The molecule has 1 aromatic carbocycles. The zero-order chi connectivity index (χ0) is 11.6. The standard InChI is InChI=1S/C9H9BrO4S/c1-6(9(11)12)15(13,14)8-4-2-7(10)3-5-8/h2-6H,1H3,(H,11,12). The number of hydrogen-bond donors (Lipinski definition) is 1. The van der Waals surface area contributed by atoms with Crippen molar-refractivity contribution in [3.05, 3.63) is 28.7 Å². The van der Waals surface area contributed by atoms with Gasteiger partial charge in [-0.05, 0) is 31.2 Å². The van der Waals surface area contributed by atoms with Gasteiger partial charge in [0, 0.05) is 4.47 Å². The lowest BCUT2D eigenvalue weighted by Gasteiger charge is -2.08. The largest absolute Gasteiger partial charge is 0.480 e. The van der Waals surface area contributed by atoms with Gasteiger partial charge in [-0.1, -0.05) is 15.9 Å². The summed E-state index contributed by atoms with van der Waals surface area (Å²) in [6, 6.07) is 5.86. The van der Waals surface area contributed by atoms with Crippen molar-refractivity contribution >= 4 is 31.7 Å². The highest BCUT2D eigenvalue weighted by Crippen LogP contribution is 2.19. The average Bonchev–Trinajstić information content (AvgIpc) is 2.17. The quantitative estimate of drug-likeness (QED) is 0.920. The van der Waals surface area contributed by atoms with E-state index in [1.165, 1.54) is 12.1 Å². The van der Waals surface area contributed by atoms with Gasteiger partial charge in [-0.2, -0.15) is 0 Å². The van der Waals surface area contributed by atoms with Crippen molar-refractivity contribution in [2.45, 2.75) is 17.1 Å². The Bertz CT molecular complexity index is 463. The Balaban J connectivity index is 3.17. The molecule has 1 N–H and O–H groups in total. The summed E-state index contributed by atoms with van der Waals surface area (Å²) in [4.78, 5) is 10.6. The van der Waals surface area contributed by atoms with E-state index < -0.39 is 21.1 Å². The molecule has 0 fully saturated rings. The summed E-state index contributed by atoms with van der Waals surface area (Å²) >= 11 is 3.17. The molecule has 0 bridgehead atoms. The summed E-state index contributed by atoms with van der Waals surface area (Å²) < 4.78 is 24.1. The molecule has 0 heterocycles. The van der Waals surface area contributed by atoms with E-state index >= 15 is 0 Å². The molecule has 0 saturated carbocycles. The molecule has 1 atom stereocenters. The predicted molar refractivity (Wildman–Crippen MR) is 58.4 cm³/mol. The van der Waals surface area contributed by atoms with Crippen LogP contribution < -0.4 is 0 Å². The van der Waals surface area contributed by atoms with Crippen molar-refractivity contribution in [2.75, 3.05) is 0 Å². The molecular weight excluding hydrogens is 284 g/mol. The number of rotatable bonds is 3. The van der Waals surface area contributed by atoms with E-state index in [0.29, 0.717) is 0 Å². The van der Waals surface area contributed by atoms with Gasteiger partial charge >= 0.3 is 5.97 Å². The highest BCUT2D eigenvalue weighted by Gasteiger charge is 2.29. The van der Waals surface area contributed by atoms with E-state index in [1.807, 2.05) is 0 Å². The van der Waals surface area contributed by atoms with E-state index in [0.717, 1.165) is 11.4 Å². The number of carbonyl (C=O) groups is 1. The smallest absolute Gasteiger partial charge is 0.321 e. The minimum Gasteiger partial charge on any atom is -0.480 e. The van der Waals surface area contributed by atoms with Crippen molar-refractivity contribution < 1.29 is 18.3 Å². The van der Waals surface area contributed by atoms with Crippen LogP contribution in [0.5, 0.6) is 0 Å². The van der Waals surface area contributed by atoms with Crippen molar-refractivity contribution in [3.63, 3.8) is 0 Å². The first-order valence-electron chi connectivity index (χ1n) is 4.08. The van der Waals surface area contributed by atoms with Gasteiger partial charge in [0.25, 0.3) is 0 Å². The molecule has 1 aromatic rings. The third kappa shape index (κ3) is 2.57. The lowest BCUT2D eigenvalue weighted by atomic mass is 10.4. The Morgan fingerprint density at radius 3 is 2.20 bits per heavy atom. The molecule has 0 radical (unpaired) electrons. The Labute approximate surface area is 96.0 Å². The molecule has 1 unspecified atom stereocenters. The number of halogens is 1. The molecule has 0 aliphatic carbocycles. The van der Waals surface area contributed by atoms with E-state index in [2.05, 4.69) is 15.9 Å². The molecule has 4 nitrogen and oxygen atoms in total. The predicted octanol–water partition coefficient (Wildman–Crippen LogP) is 1.70. The maximum absolute atomic E-state index is 11.7. The summed E-state index contributed by atoms with van der Waals surface area (Å²) in [6.45, 7) is 1.15. The van der Waals surface area contributed by atoms with Crippen LogP contribution in [0.15, 0.2) is 33.6 Å². The van der Waals surface area contributed by atoms with Crippen LogP contribution in [-0.2, 0) is 14.6 Å². The average molecular weight is 293 g/mol. The molecular formula is C9H9BrO4S. The van der Waals surface area contributed by atoms with Crippen molar-refractivity contribution in [2.24, 2.45) is 0 Å². The Kier molecular flexibility index (Phi) is 3.51. The van der Waals surface area contributed by atoms with Gasteiger partial charge in [-0.15, -0.1) is 0 Å². The highest BCUT2D eigenvalue weighted by molar-refractivity contribution is 9.10. The molecule has 1 rings (SSSR count). The lowest BCUT2D eigenvalue weighted by molar-refractivity contribution is -0.136. The minimum atomic E-state index is -3.78. The topological polar surface area (TPSA) is 71.4 Å². The zero-order valence-corrected chi connectivity index (χ0v) is 10.2. The van der Waals surface area contributed by atoms with Crippen LogP contribution in [-0.4, -0.2) is 24.7 Å². The van der Waals surface area contributed by atoms with E-state index in [1.54, 1.807) is 12.1 Å². The summed E-state index contributed by atoms with van der Waals surface area (Å²) in [5, 5.41) is 7.21. The second kappa shape index (κ2) is 4.32. The fourth-order valence-electron chi connectivity index (χ4n) is 0.961. The second-order valence-electron chi connectivity index (χ2n) is 2.98. The van der Waals surface area contributed by atoms with E-state index in [-0.39, 0.29) is 4.90 Å².